The lowest BCUT2D eigenvalue weighted by molar-refractivity contribution is 0.724. The van der Waals surface area contributed by atoms with E-state index in [-0.39, 0.29) is 0 Å². The third-order valence-electron chi connectivity index (χ3n) is 7.66. The monoisotopic (exact) mass is 417 g/mol. The predicted octanol–water partition coefficient (Wildman–Crippen LogP) is 8.49. The Hall–Kier alpha value is -3.06. The van der Waals surface area contributed by atoms with Gasteiger partial charge in [0.25, 0.3) is 0 Å². The molecule has 0 radical (unpaired) electrons. The molecule has 1 nitrogen and oxygen atoms in total. The number of rotatable bonds is 1. The van der Waals surface area contributed by atoms with E-state index in [0.29, 0.717) is 0 Å². The number of fused-ring (bicyclic) bond motifs is 5. The first-order valence-electron chi connectivity index (χ1n) is 12.3. The molecule has 3 aliphatic rings. The minimum absolute atomic E-state index is 0.811. The van der Waals surface area contributed by atoms with Crippen LogP contribution in [-0.4, -0.2) is 4.40 Å². The summed E-state index contributed by atoms with van der Waals surface area (Å²) in [5, 5.41) is 2.95. The standard InChI is InChI=1S/C23H24.C8H7N/c1-2-6-16(5-1)18-10-12-21-19(15-18)11-14-22-20-8-4-3-7-17(20)9-13-23(21)22;1-2-6-9-7-3-5-8(9)4-1/h4,8,10-12,14-16H,1-3,5-7,9,13H2;1-7H. The second kappa shape index (κ2) is 8.47. The molecule has 1 saturated carbocycles. The fourth-order valence-corrected chi connectivity index (χ4v) is 5.95. The van der Waals surface area contributed by atoms with Gasteiger partial charge in [-0.05, 0) is 102 Å². The molecule has 0 aliphatic heterocycles. The van der Waals surface area contributed by atoms with E-state index in [4.69, 9.17) is 0 Å². The van der Waals surface area contributed by atoms with Crippen molar-refractivity contribution < 1.29 is 0 Å². The van der Waals surface area contributed by atoms with Crippen molar-refractivity contribution >= 4 is 21.9 Å². The third-order valence-corrected chi connectivity index (χ3v) is 7.66. The van der Waals surface area contributed by atoms with Crippen LogP contribution < -0.4 is 0 Å². The molecule has 3 aliphatic carbocycles. The van der Waals surface area contributed by atoms with E-state index in [9.17, 15) is 0 Å². The molecule has 7 rings (SSSR count). The highest BCUT2D eigenvalue weighted by atomic mass is 14.8. The van der Waals surface area contributed by atoms with Crippen LogP contribution in [0.25, 0.3) is 21.9 Å². The molecular weight excluding hydrogens is 386 g/mol. The van der Waals surface area contributed by atoms with Gasteiger partial charge >= 0.3 is 0 Å². The maximum Gasteiger partial charge on any atom is 0.0449 e. The summed E-state index contributed by atoms with van der Waals surface area (Å²) in [6.45, 7) is 0. The summed E-state index contributed by atoms with van der Waals surface area (Å²) in [4.78, 5) is 0. The molecule has 2 aromatic heterocycles. The molecule has 1 heteroatoms. The normalized spacial score (nSPS) is 17.9. The minimum atomic E-state index is 0.811. The van der Waals surface area contributed by atoms with Crippen LogP contribution in [0.5, 0.6) is 0 Å². The Morgan fingerprint density at radius 3 is 2.56 bits per heavy atom. The quantitative estimate of drug-likeness (QED) is 0.292. The van der Waals surface area contributed by atoms with E-state index in [2.05, 4.69) is 59.0 Å². The van der Waals surface area contributed by atoms with Crippen LogP contribution in [0.3, 0.4) is 0 Å². The SMILES string of the molecule is C1=CC2=C(CC1)CCc1c2ccc2cc(C3CCCC3)ccc12.c1ccn2cccc2c1. The van der Waals surface area contributed by atoms with Crippen molar-refractivity contribution in [1.29, 1.82) is 0 Å². The average Bonchev–Trinajstić information content (AvgIpc) is 3.56. The summed E-state index contributed by atoms with van der Waals surface area (Å²) in [5.74, 6) is 0.811. The third kappa shape index (κ3) is 3.60. The zero-order valence-corrected chi connectivity index (χ0v) is 18.8. The van der Waals surface area contributed by atoms with Crippen molar-refractivity contribution in [2.24, 2.45) is 0 Å². The first-order chi connectivity index (χ1) is 15.9. The van der Waals surface area contributed by atoms with Crippen LogP contribution in [0.15, 0.2) is 90.8 Å². The van der Waals surface area contributed by atoms with Gasteiger partial charge in [0.15, 0.2) is 0 Å². The van der Waals surface area contributed by atoms with Crippen molar-refractivity contribution in [1.82, 2.24) is 4.40 Å². The molecule has 4 aromatic rings. The summed E-state index contributed by atoms with van der Waals surface area (Å²) in [6.07, 6.45) is 19.4. The molecule has 2 heterocycles. The fraction of sp³-hybridized carbons (Fsp3) is 0.290. The highest BCUT2D eigenvalue weighted by molar-refractivity contribution is 5.94. The molecule has 2 aromatic carbocycles. The van der Waals surface area contributed by atoms with Gasteiger partial charge in [0.1, 0.15) is 0 Å². The lowest BCUT2D eigenvalue weighted by Gasteiger charge is -2.25. The molecule has 32 heavy (non-hydrogen) atoms. The number of hydrogen-bond acceptors (Lipinski definition) is 0. The lowest BCUT2D eigenvalue weighted by atomic mass is 9.79. The number of pyridine rings is 1. The number of benzene rings is 2. The summed E-state index contributed by atoms with van der Waals surface area (Å²) in [6, 6.07) is 22.3. The van der Waals surface area contributed by atoms with Crippen molar-refractivity contribution in [3.63, 3.8) is 0 Å². The molecule has 1 fully saturated rings. The molecule has 0 bridgehead atoms. The van der Waals surface area contributed by atoms with E-state index in [1.54, 1.807) is 16.7 Å². The summed E-state index contributed by atoms with van der Waals surface area (Å²) < 4.78 is 2.08. The number of nitrogens with zero attached hydrogens (tertiary/aromatic N) is 1. The Balaban J connectivity index is 0.000000182. The van der Waals surface area contributed by atoms with Gasteiger partial charge in [-0.15, -0.1) is 0 Å². The maximum atomic E-state index is 2.48. The van der Waals surface area contributed by atoms with Gasteiger partial charge in [0.2, 0.25) is 0 Å². The molecule has 0 unspecified atom stereocenters. The van der Waals surface area contributed by atoms with E-state index in [0.717, 1.165) is 5.92 Å². The van der Waals surface area contributed by atoms with Gasteiger partial charge in [-0.2, -0.15) is 0 Å². The highest BCUT2D eigenvalue weighted by Gasteiger charge is 2.22. The number of hydrogen-bond donors (Lipinski definition) is 0. The molecule has 0 atom stereocenters. The molecule has 0 N–H and O–H groups in total. The number of allylic oxidation sites excluding steroid dienone is 4. The first-order valence-corrected chi connectivity index (χ1v) is 12.3. The van der Waals surface area contributed by atoms with Crippen molar-refractivity contribution in [3.05, 3.63) is 107 Å². The maximum absolute atomic E-state index is 2.48. The molecule has 0 spiro atoms. The Morgan fingerprint density at radius 1 is 0.781 bits per heavy atom. The smallest absolute Gasteiger partial charge is 0.0449 e. The Labute approximate surface area is 191 Å². The largest absolute Gasteiger partial charge is 0.324 e. The van der Waals surface area contributed by atoms with E-state index in [1.165, 1.54) is 78.8 Å². The number of aromatic nitrogens is 1. The van der Waals surface area contributed by atoms with Crippen molar-refractivity contribution in [3.8, 4) is 0 Å². The second-order valence-corrected chi connectivity index (χ2v) is 9.55. The average molecular weight is 418 g/mol. The fourth-order valence-electron chi connectivity index (χ4n) is 5.95. The zero-order chi connectivity index (χ0) is 21.3. The number of aryl methyl sites for hydroxylation is 1. The first kappa shape index (κ1) is 19.6. The second-order valence-electron chi connectivity index (χ2n) is 9.55. The van der Waals surface area contributed by atoms with Crippen LogP contribution in [-0.2, 0) is 6.42 Å². The topological polar surface area (TPSA) is 4.41 Å². The van der Waals surface area contributed by atoms with E-state index < -0.39 is 0 Å². The van der Waals surface area contributed by atoms with Crippen LogP contribution >= 0.6 is 0 Å². The molecule has 0 amide bonds. The van der Waals surface area contributed by atoms with Gasteiger partial charge in [0.05, 0.1) is 0 Å². The van der Waals surface area contributed by atoms with E-state index in [1.807, 2.05) is 30.6 Å². The Bertz CT molecular complexity index is 1300. The van der Waals surface area contributed by atoms with Gasteiger partial charge in [-0.1, -0.05) is 67.0 Å². The van der Waals surface area contributed by atoms with Crippen molar-refractivity contribution in [2.75, 3.05) is 0 Å². The van der Waals surface area contributed by atoms with Crippen LogP contribution in [0.2, 0.25) is 0 Å². The summed E-state index contributed by atoms with van der Waals surface area (Å²) in [5.41, 5.74) is 9.12. The Morgan fingerprint density at radius 2 is 1.66 bits per heavy atom. The zero-order valence-electron chi connectivity index (χ0n) is 18.8. The van der Waals surface area contributed by atoms with Crippen LogP contribution in [0, 0.1) is 0 Å². The summed E-state index contributed by atoms with van der Waals surface area (Å²) in [7, 11) is 0. The van der Waals surface area contributed by atoms with E-state index >= 15 is 0 Å². The van der Waals surface area contributed by atoms with Crippen molar-refractivity contribution in [2.45, 2.75) is 57.3 Å². The predicted molar refractivity (Wildman–Crippen MR) is 136 cm³/mol. The minimum Gasteiger partial charge on any atom is -0.324 e. The lowest BCUT2D eigenvalue weighted by Crippen LogP contribution is -2.07. The molecule has 160 valence electrons. The van der Waals surface area contributed by atoms with Gasteiger partial charge < -0.3 is 4.40 Å². The van der Waals surface area contributed by atoms with Gasteiger partial charge in [-0.3, -0.25) is 0 Å². The van der Waals surface area contributed by atoms with Crippen LogP contribution in [0.1, 0.15) is 67.6 Å². The Kier molecular flexibility index (Phi) is 5.19. The van der Waals surface area contributed by atoms with Gasteiger partial charge in [-0.25, -0.2) is 0 Å². The molecule has 0 saturated heterocycles. The summed E-state index contributed by atoms with van der Waals surface area (Å²) >= 11 is 0. The van der Waals surface area contributed by atoms with Gasteiger partial charge in [0, 0.05) is 17.9 Å². The highest BCUT2D eigenvalue weighted by Crippen LogP contribution is 2.41. The van der Waals surface area contributed by atoms with Crippen LogP contribution in [0.4, 0.5) is 0 Å². The molecular formula is C31H31N.